The van der Waals surface area contributed by atoms with Gasteiger partial charge < -0.3 is 15.1 Å². The average molecular weight is 528 g/mol. The number of hydrogen-bond acceptors (Lipinski definition) is 3. The summed E-state index contributed by atoms with van der Waals surface area (Å²) in [7, 11) is 1.73. The first-order valence-electron chi connectivity index (χ1n) is 13.6. The number of nitrogens with zero attached hydrogens (tertiary/aromatic N) is 2. The summed E-state index contributed by atoms with van der Waals surface area (Å²) in [6, 6.07) is 23.3. The Morgan fingerprint density at radius 3 is 2.33 bits per heavy atom. The van der Waals surface area contributed by atoms with E-state index in [1.165, 1.54) is 12.1 Å². The molecule has 0 spiro atoms. The van der Waals surface area contributed by atoms with Crippen molar-refractivity contribution in [2.75, 3.05) is 26.7 Å². The normalized spacial score (nSPS) is 19.5. The molecule has 1 saturated heterocycles. The summed E-state index contributed by atoms with van der Waals surface area (Å²) < 4.78 is 13.3. The number of piperazine rings is 1. The maximum Gasteiger partial charge on any atom is 0.251 e. The monoisotopic (exact) mass is 527 g/mol. The molecule has 7 heteroatoms. The van der Waals surface area contributed by atoms with E-state index >= 15 is 0 Å². The van der Waals surface area contributed by atoms with Crippen molar-refractivity contribution >= 4 is 17.7 Å². The first kappa shape index (κ1) is 26.6. The van der Waals surface area contributed by atoms with Crippen LogP contribution >= 0.6 is 0 Å². The third-order valence-electron chi connectivity index (χ3n) is 7.91. The van der Waals surface area contributed by atoms with Gasteiger partial charge in [0.2, 0.25) is 11.8 Å². The van der Waals surface area contributed by atoms with E-state index in [4.69, 9.17) is 0 Å². The Morgan fingerprint density at radius 1 is 0.949 bits per heavy atom. The highest BCUT2D eigenvalue weighted by molar-refractivity contribution is 5.98. The van der Waals surface area contributed by atoms with Crippen molar-refractivity contribution in [3.8, 4) is 11.1 Å². The minimum absolute atomic E-state index is 0.0305. The standard InChI is InChI=1S/C32H34FN3O3/c1-35-18-19-36(21-30(35)37)32(39)29(9-5-8-26-20-28(26)24-14-16-27(33)17-15-24)34-31(38)25-12-10-23(11-13-25)22-6-3-2-4-7-22/h2-4,6-7,10-17,26,28-29H,5,8-9,18-21H2,1H3,(H,34,38)/t26-,28+,29+/m1/s1. The van der Waals surface area contributed by atoms with Gasteiger partial charge in [0.1, 0.15) is 11.9 Å². The van der Waals surface area contributed by atoms with E-state index in [0.29, 0.717) is 36.9 Å². The number of halogens is 1. The zero-order chi connectivity index (χ0) is 27.4. The van der Waals surface area contributed by atoms with Crippen LogP contribution in [0.5, 0.6) is 0 Å². The maximum atomic E-state index is 13.5. The van der Waals surface area contributed by atoms with Gasteiger partial charge in [-0.3, -0.25) is 14.4 Å². The van der Waals surface area contributed by atoms with Crippen molar-refractivity contribution < 1.29 is 18.8 Å². The van der Waals surface area contributed by atoms with Crippen molar-refractivity contribution in [3.05, 3.63) is 95.8 Å². The van der Waals surface area contributed by atoms with E-state index in [1.54, 1.807) is 29.0 Å². The molecule has 1 aliphatic carbocycles. The van der Waals surface area contributed by atoms with Gasteiger partial charge >= 0.3 is 0 Å². The first-order chi connectivity index (χ1) is 18.9. The molecule has 2 aliphatic rings. The fourth-order valence-electron chi connectivity index (χ4n) is 5.38. The molecule has 0 aromatic heterocycles. The van der Waals surface area contributed by atoms with Crippen LogP contribution in [0.15, 0.2) is 78.9 Å². The first-order valence-corrected chi connectivity index (χ1v) is 13.6. The second-order valence-electron chi connectivity index (χ2n) is 10.6. The Bertz CT molecular complexity index is 1310. The Labute approximate surface area is 228 Å². The Morgan fingerprint density at radius 2 is 1.64 bits per heavy atom. The molecule has 0 bridgehead atoms. The van der Waals surface area contributed by atoms with E-state index in [0.717, 1.165) is 36.0 Å². The van der Waals surface area contributed by atoms with Gasteiger partial charge in [-0.05, 0) is 72.1 Å². The third kappa shape index (κ3) is 6.53. The van der Waals surface area contributed by atoms with Crippen molar-refractivity contribution in [2.45, 2.75) is 37.6 Å². The molecule has 2 fully saturated rings. The quantitative estimate of drug-likeness (QED) is 0.432. The largest absolute Gasteiger partial charge is 0.342 e. The average Bonchev–Trinajstić information content (AvgIpc) is 3.74. The highest BCUT2D eigenvalue weighted by Gasteiger charge is 2.38. The molecule has 5 rings (SSSR count). The Balaban J connectivity index is 1.22. The predicted octanol–water partition coefficient (Wildman–Crippen LogP) is 4.87. The van der Waals surface area contributed by atoms with Crippen LogP contribution in [0.2, 0.25) is 0 Å². The van der Waals surface area contributed by atoms with Crippen LogP contribution in [0.4, 0.5) is 4.39 Å². The van der Waals surface area contributed by atoms with Crippen LogP contribution in [-0.4, -0.2) is 60.2 Å². The Hall–Kier alpha value is -4.00. The number of hydrogen-bond donors (Lipinski definition) is 1. The van der Waals surface area contributed by atoms with Crippen molar-refractivity contribution in [1.82, 2.24) is 15.1 Å². The predicted molar refractivity (Wildman–Crippen MR) is 148 cm³/mol. The summed E-state index contributed by atoms with van der Waals surface area (Å²) in [6.45, 7) is 0.963. The van der Waals surface area contributed by atoms with Gasteiger partial charge in [-0.15, -0.1) is 0 Å². The molecule has 1 aliphatic heterocycles. The maximum absolute atomic E-state index is 13.5. The minimum Gasteiger partial charge on any atom is -0.342 e. The fourth-order valence-corrected chi connectivity index (χ4v) is 5.38. The molecule has 0 radical (unpaired) electrons. The van der Waals surface area contributed by atoms with Crippen molar-refractivity contribution in [2.24, 2.45) is 5.92 Å². The summed E-state index contributed by atoms with van der Waals surface area (Å²) in [5.41, 5.74) is 3.71. The van der Waals surface area contributed by atoms with Gasteiger partial charge in [0.25, 0.3) is 5.91 Å². The van der Waals surface area contributed by atoms with E-state index < -0.39 is 6.04 Å². The SMILES string of the molecule is CN1CCN(C(=O)[C@H](CCC[C@@H]2C[C@H]2c2ccc(F)cc2)NC(=O)c2ccc(-c3ccccc3)cc2)CC1=O. The van der Waals surface area contributed by atoms with Gasteiger partial charge in [0, 0.05) is 25.7 Å². The summed E-state index contributed by atoms with van der Waals surface area (Å²) >= 11 is 0. The zero-order valence-corrected chi connectivity index (χ0v) is 22.2. The fraction of sp³-hybridized carbons (Fsp3) is 0.344. The van der Waals surface area contributed by atoms with E-state index in [9.17, 15) is 18.8 Å². The lowest BCUT2D eigenvalue weighted by Crippen LogP contribution is -2.56. The number of likely N-dealkylation sites (N-methyl/N-ethyl adjacent to an activating group) is 1. The van der Waals surface area contributed by atoms with Crippen LogP contribution < -0.4 is 5.32 Å². The lowest BCUT2D eigenvalue weighted by Gasteiger charge is -2.34. The molecule has 3 atom stereocenters. The number of carbonyl (C=O) groups is 3. The molecule has 3 amide bonds. The second-order valence-corrected chi connectivity index (χ2v) is 10.6. The minimum atomic E-state index is -0.703. The van der Waals surface area contributed by atoms with Crippen LogP contribution in [0.25, 0.3) is 11.1 Å². The molecule has 202 valence electrons. The molecule has 3 aromatic rings. The van der Waals surface area contributed by atoms with E-state index in [-0.39, 0.29) is 30.1 Å². The van der Waals surface area contributed by atoms with E-state index in [2.05, 4.69) is 5.32 Å². The summed E-state index contributed by atoms with van der Waals surface area (Å²) in [5, 5.41) is 2.96. The third-order valence-corrected chi connectivity index (χ3v) is 7.91. The highest BCUT2D eigenvalue weighted by Crippen LogP contribution is 2.50. The molecule has 1 N–H and O–H groups in total. The lowest BCUT2D eigenvalue weighted by molar-refractivity contribution is -0.145. The lowest BCUT2D eigenvalue weighted by atomic mass is 10.0. The summed E-state index contributed by atoms with van der Waals surface area (Å²) in [4.78, 5) is 42.1. The van der Waals surface area contributed by atoms with Gasteiger partial charge in [-0.2, -0.15) is 0 Å². The number of amides is 3. The second kappa shape index (κ2) is 11.8. The van der Waals surface area contributed by atoms with E-state index in [1.807, 2.05) is 54.6 Å². The topological polar surface area (TPSA) is 69.7 Å². The molecular weight excluding hydrogens is 493 g/mol. The molecule has 3 aromatic carbocycles. The molecule has 39 heavy (non-hydrogen) atoms. The van der Waals surface area contributed by atoms with Gasteiger partial charge in [0.15, 0.2) is 0 Å². The molecule has 1 heterocycles. The number of benzene rings is 3. The zero-order valence-electron chi connectivity index (χ0n) is 22.2. The van der Waals surface area contributed by atoms with Crippen LogP contribution in [0.1, 0.15) is 47.5 Å². The molecule has 6 nitrogen and oxygen atoms in total. The molecule has 0 unspecified atom stereocenters. The molecule has 1 saturated carbocycles. The number of carbonyl (C=O) groups excluding carboxylic acids is 3. The van der Waals surface area contributed by atoms with Crippen molar-refractivity contribution in [3.63, 3.8) is 0 Å². The Kier molecular flexibility index (Phi) is 8.05. The van der Waals surface area contributed by atoms with Gasteiger partial charge in [-0.25, -0.2) is 4.39 Å². The summed E-state index contributed by atoms with van der Waals surface area (Å²) in [5.74, 6) is 0.0763. The number of rotatable bonds is 9. The van der Waals surface area contributed by atoms with Gasteiger partial charge in [0.05, 0.1) is 6.54 Å². The highest BCUT2D eigenvalue weighted by atomic mass is 19.1. The van der Waals surface area contributed by atoms with Gasteiger partial charge in [-0.1, -0.05) is 61.0 Å². The summed E-state index contributed by atoms with van der Waals surface area (Å²) in [6.07, 6.45) is 3.25. The van der Waals surface area contributed by atoms with Crippen molar-refractivity contribution in [1.29, 1.82) is 0 Å². The smallest absolute Gasteiger partial charge is 0.251 e. The van der Waals surface area contributed by atoms with Crippen LogP contribution in [0.3, 0.4) is 0 Å². The van der Waals surface area contributed by atoms with Crippen LogP contribution in [0, 0.1) is 11.7 Å². The number of nitrogens with one attached hydrogen (secondary N) is 1. The molecular formula is C32H34FN3O3. The van der Waals surface area contributed by atoms with Crippen LogP contribution in [-0.2, 0) is 9.59 Å².